The van der Waals surface area contributed by atoms with Crippen LogP contribution in [0.4, 0.5) is 8.78 Å². The maximum Gasteiger partial charge on any atom is 1.00 e. The fourth-order valence-corrected chi connectivity index (χ4v) is 5.20. The Labute approximate surface area is 214 Å². The van der Waals surface area contributed by atoms with E-state index in [4.69, 9.17) is 0 Å². The van der Waals surface area contributed by atoms with Crippen molar-refractivity contribution in [2.24, 2.45) is 0 Å². The van der Waals surface area contributed by atoms with Gasteiger partial charge in [-0.1, -0.05) is 0 Å². The van der Waals surface area contributed by atoms with Gasteiger partial charge in [0.05, 0.1) is 25.7 Å². The monoisotopic (exact) mass is 486 g/mol. The van der Waals surface area contributed by atoms with Gasteiger partial charge in [-0.15, -0.1) is 0 Å². The molecule has 0 saturated heterocycles. The van der Waals surface area contributed by atoms with Crippen molar-refractivity contribution < 1.29 is 104 Å². The zero-order chi connectivity index (χ0) is 20.2. The molecule has 0 heterocycles. The summed E-state index contributed by atoms with van der Waals surface area (Å²) in [5.41, 5.74) is -0.690. The molecule has 2 aromatic rings. The smallest absolute Gasteiger partial charge is 0.748 e. The molecular weight excluding hydrogens is 476 g/mol. The summed E-state index contributed by atoms with van der Waals surface area (Å²) in [6.07, 6.45) is 0. The van der Waals surface area contributed by atoms with Crippen LogP contribution in [-0.4, -0.2) is 21.4 Å². The number of rotatable bonds is 8. The van der Waals surface area contributed by atoms with Crippen molar-refractivity contribution in [1.82, 2.24) is 0 Å². The molecule has 0 aromatic heterocycles. The van der Waals surface area contributed by atoms with Gasteiger partial charge in [-0.25, -0.2) is 25.6 Å². The summed E-state index contributed by atoms with van der Waals surface area (Å²) in [5, 5.41) is 13.0. The van der Waals surface area contributed by atoms with Crippen molar-refractivity contribution in [1.29, 1.82) is 0 Å². The first-order valence-corrected chi connectivity index (χ1v) is 10.9. The van der Waals surface area contributed by atoms with Crippen LogP contribution >= 0.6 is 12.0 Å². The van der Waals surface area contributed by atoms with Gasteiger partial charge < -0.3 is 9.81 Å². The van der Waals surface area contributed by atoms with E-state index in [0.29, 0.717) is 18.1 Å². The predicted molar refractivity (Wildman–Crippen MR) is 85.1 cm³/mol. The van der Waals surface area contributed by atoms with Gasteiger partial charge in [0.2, 0.25) is 9.84 Å². The Morgan fingerprint density at radius 2 is 1.38 bits per heavy atom. The first kappa shape index (κ1) is 29.4. The SMILES string of the molecule is O=S(=O)([O-])Cc1cc(F)ccc1S(=O)(=O)c1ccc(F)cc1CSOO[O-].[Na+].[Na+]. The Hall–Kier alpha value is 0.390. The quantitative estimate of drug-likeness (QED) is 0.0686. The first-order chi connectivity index (χ1) is 12.5. The molecule has 0 atom stereocenters. The molecule has 0 unspecified atom stereocenters. The molecule has 0 saturated carbocycles. The second-order valence-corrected chi connectivity index (χ2v) is 9.06. The van der Waals surface area contributed by atoms with Gasteiger partial charge in [-0.3, -0.25) is 5.04 Å². The molecule has 0 spiro atoms. The average Bonchev–Trinajstić information content (AvgIpc) is 2.53. The third-order valence-corrected chi connectivity index (χ3v) is 6.45. The van der Waals surface area contributed by atoms with E-state index in [1.54, 1.807) is 0 Å². The Morgan fingerprint density at radius 3 is 1.86 bits per heavy atom. The number of sulfone groups is 1. The predicted octanol–water partition coefficient (Wildman–Crippen LogP) is -4.78. The molecule has 0 bridgehead atoms. The fraction of sp³-hybridized carbons (Fsp3) is 0.143. The van der Waals surface area contributed by atoms with Crippen LogP contribution in [0.1, 0.15) is 11.1 Å². The second-order valence-electron chi connectivity index (χ2n) is 5.11. The van der Waals surface area contributed by atoms with Crippen LogP contribution in [0.15, 0.2) is 46.2 Å². The van der Waals surface area contributed by atoms with Gasteiger partial charge in [0.15, 0.2) is 0 Å². The molecule has 0 aliphatic heterocycles. The Balaban J connectivity index is 0.00000392. The van der Waals surface area contributed by atoms with Crippen LogP contribution in [0.25, 0.3) is 0 Å². The topological polar surface area (TPSA) is 133 Å². The average molecular weight is 486 g/mol. The van der Waals surface area contributed by atoms with Gasteiger partial charge in [0.25, 0.3) is 0 Å². The van der Waals surface area contributed by atoms with Crippen LogP contribution in [0, 0.1) is 11.6 Å². The van der Waals surface area contributed by atoms with Crippen LogP contribution in [0.2, 0.25) is 0 Å². The van der Waals surface area contributed by atoms with E-state index in [1.807, 2.05) is 0 Å². The minimum Gasteiger partial charge on any atom is -0.748 e. The maximum atomic E-state index is 13.5. The van der Waals surface area contributed by atoms with Gasteiger partial charge in [-0.05, 0) is 47.5 Å². The summed E-state index contributed by atoms with van der Waals surface area (Å²) in [5.74, 6) is -3.29. The summed E-state index contributed by atoms with van der Waals surface area (Å²) in [4.78, 5) is -1.07. The molecule has 2 aromatic carbocycles. The first-order valence-electron chi connectivity index (χ1n) is 6.88. The second kappa shape index (κ2) is 12.4. The third-order valence-electron chi connectivity index (χ3n) is 3.25. The molecule has 29 heavy (non-hydrogen) atoms. The van der Waals surface area contributed by atoms with Crippen molar-refractivity contribution in [3.8, 4) is 0 Å². The van der Waals surface area contributed by atoms with E-state index in [-0.39, 0.29) is 70.4 Å². The van der Waals surface area contributed by atoms with Crippen molar-refractivity contribution in [3.05, 3.63) is 59.2 Å². The largest absolute Gasteiger partial charge is 1.00 e. The van der Waals surface area contributed by atoms with E-state index in [0.717, 1.165) is 30.3 Å². The molecule has 148 valence electrons. The molecule has 0 aliphatic rings. The van der Waals surface area contributed by atoms with Crippen molar-refractivity contribution in [3.63, 3.8) is 0 Å². The number of halogens is 2. The summed E-state index contributed by atoms with van der Waals surface area (Å²) in [6.45, 7) is 0. The minimum atomic E-state index is -4.91. The molecule has 0 N–H and O–H groups in total. The molecular formula is C14H10F2Na2O8S3. The van der Waals surface area contributed by atoms with Gasteiger partial charge in [-0.2, -0.15) is 4.33 Å². The zero-order valence-electron chi connectivity index (χ0n) is 15.1. The Bertz CT molecular complexity index is 1050. The number of hydrogen-bond donors (Lipinski definition) is 0. The van der Waals surface area contributed by atoms with Crippen LogP contribution in [-0.2, 0) is 40.8 Å². The molecule has 0 fully saturated rings. The molecule has 0 radical (unpaired) electrons. The van der Waals surface area contributed by atoms with Crippen LogP contribution < -0.4 is 64.4 Å². The molecule has 0 amide bonds. The zero-order valence-corrected chi connectivity index (χ0v) is 21.6. The van der Waals surface area contributed by atoms with Gasteiger partial charge in [0.1, 0.15) is 11.6 Å². The molecule has 8 nitrogen and oxygen atoms in total. The van der Waals surface area contributed by atoms with Gasteiger partial charge in [0, 0.05) is 17.8 Å². The van der Waals surface area contributed by atoms with Gasteiger partial charge >= 0.3 is 59.1 Å². The van der Waals surface area contributed by atoms with E-state index >= 15 is 0 Å². The maximum absolute atomic E-state index is 13.5. The van der Waals surface area contributed by atoms with Crippen molar-refractivity contribution >= 4 is 32.0 Å². The summed E-state index contributed by atoms with van der Waals surface area (Å²) >= 11 is 0.385. The molecule has 0 aliphatic carbocycles. The summed E-state index contributed by atoms with van der Waals surface area (Å²) in [7, 11) is -9.38. The number of hydrogen-bond acceptors (Lipinski definition) is 9. The van der Waals surface area contributed by atoms with E-state index in [9.17, 15) is 35.4 Å². The summed E-state index contributed by atoms with van der Waals surface area (Å²) < 4.78 is 89.9. The Morgan fingerprint density at radius 1 is 0.897 bits per heavy atom. The standard InChI is InChI=1S/C14H12F2O8S3.2Na/c15-11-1-3-13(9(5-11)7-25-24-23-17)27(21,22)14-4-2-12(16)6-10(14)8-26(18,19)20;;/h1-6,17H,7-8H2,(H,18,19,20);;/q;2*+1/p-2. The fourth-order valence-electron chi connectivity index (χ4n) is 2.26. The van der Waals surface area contributed by atoms with E-state index in [1.165, 1.54) is 0 Å². The van der Waals surface area contributed by atoms with Crippen LogP contribution in [0.5, 0.6) is 0 Å². The molecule has 15 heteroatoms. The minimum absolute atomic E-state index is 0. The van der Waals surface area contributed by atoms with Crippen molar-refractivity contribution in [2.75, 3.05) is 0 Å². The summed E-state index contributed by atoms with van der Waals surface area (Å²) in [6, 6.07) is 4.83. The van der Waals surface area contributed by atoms with E-state index in [2.05, 4.69) is 9.37 Å². The molecule has 2 rings (SSSR count). The normalized spacial score (nSPS) is 11.4. The van der Waals surface area contributed by atoms with Crippen molar-refractivity contribution in [2.45, 2.75) is 21.3 Å². The van der Waals surface area contributed by atoms with E-state index < -0.39 is 52.7 Å². The number of benzene rings is 2. The van der Waals surface area contributed by atoms with Crippen LogP contribution in [0.3, 0.4) is 0 Å². The Kier molecular flexibility index (Phi) is 12.6. The third kappa shape index (κ3) is 8.44.